The second-order valence-electron chi connectivity index (χ2n) is 9.32. The van der Waals surface area contributed by atoms with E-state index in [0.717, 1.165) is 31.2 Å². The number of amides is 3. The Morgan fingerprint density at radius 2 is 1.64 bits per heavy atom. The minimum Gasteiger partial charge on any atom is -0.489 e. The van der Waals surface area contributed by atoms with Gasteiger partial charge in [-0.1, -0.05) is 55.2 Å². The van der Waals surface area contributed by atoms with Crippen LogP contribution in [0, 0.1) is 6.92 Å². The summed E-state index contributed by atoms with van der Waals surface area (Å²) in [4.78, 5) is 27.2. The zero-order valence-corrected chi connectivity index (χ0v) is 19.5. The lowest BCUT2D eigenvalue weighted by molar-refractivity contribution is 0.0917. The molecule has 2 aromatic rings. The number of hydrogen-bond donors (Lipinski definition) is 2. The summed E-state index contributed by atoms with van der Waals surface area (Å²) in [5.41, 5.74) is 2.89. The molecule has 1 saturated heterocycles. The van der Waals surface area contributed by atoms with E-state index in [0.29, 0.717) is 37.1 Å². The van der Waals surface area contributed by atoms with Gasteiger partial charge in [0.1, 0.15) is 12.4 Å². The molecule has 0 aromatic heterocycles. The van der Waals surface area contributed by atoms with Gasteiger partial charge in [-0.25, -0.2) is 4.79 Å². The Labute approximate surface area is 196 Å². The summed E-state index contributed by atoms with van der Waals surface area (Å²) in [6.07, 6.45) is 7.41. The van der Waals surface area contributed by atoms with Gasteiger partial charge in [0.25, 0.3) is 5.91 Å². The first-order valence-corrected chi connectivity index (χ1v) is 12.2. The second-order valence-corrected chi connectivity index (χ2v) is 9.32. The molecule has 2 fully saturated rings. The molecule has 0 unspecified atom stereocenters. The highest BCUT2D eigenvalue weighted by atomic mass is 16.5. The quantitative estimate of drug-likeness (QED) is 0.665. The number of urea groups is 1. The molecule has 1 aliphatic carbocycles. The zero-order valence-electron chi connectivity index (χ0n) is 19.5. The summed E-state index contributed by atoms with van der Waals surface area (Å²) < 4.78 is 5.90. The third-order valence-electron chi connectivity index (χ3n) is 6.63. The van der Waals surface area contributed by atoms with Crippen molar-refractivity contribution in [2.24, 2.45) is 0 Å². The summed E-state index contributed by atoms with van der Waals surface area (Å²) in [7, 11) is 0. The Balaban J connectivity index is 1.23. The molecular weight excluding hydrogens is 414 g/mol. The molecule has 0 radical (unpaired) electrons. The molecule has 2 N–H and O–H groups in total. The van der Waals surface area contributed by atoms with Crippen molar-refractivity contribution in [2.45, 2.75) is 70.6 Å². The van der Waals surface area contributed by atoms with Gasteiger partial charge in [-0.05, 0) is 56.4 Å². The summed E-state index contributed by atoms with van der Waals surface area (Å²) in [6.45, 7) is 3.86. The van der Waals surface area contributed by atoms with Crippen LogP contribution in [0.1, 0.15) is 66.4 Å². The lowest BCUT2D eigenvalue weighted by Crippen LogP contribution is -2.51. The van der Waals surface area contributed by atoms with Gasteiger partial charge in [0.05, 0.1) is 0 Å². The predicted molar refractivity (Wildman–Crippen MR) is 129 cm³/mol. The SMILES string of the molecule is Cc1cccc(COc2cccc(C(=O)NC3CCN(C(=O)NC4CCCCC4)CC3)c2)c1. The van der Waals surface area contributed by atoms with E-state index in [2.05, 4.69) is 29.7 Å². The van der Waals surface area contributed by atoms with Crippen molar-refractivity contribution in [3.63, 3.8) is 0 Å². The summed E-state index contributed by atoms with van der Waals surface area (Å²) >= 11 is 0. The predicted octanol–water partition coefficient (Wildman–Crippen LogP) is 4.81. The van der Waals surface area contributed by atoms with E-state index in [9.17, 15) is 9.59 Å². The minimum absolute atomic E-state index is 0.0464. The first kappa shape index (κ1) is 23.1. The van der Waals surface area contributed by atoms with E-state index in [1.54, 1.807) is 6.07 Å². The maximum absolute atomic E-state index is 12.8. The fourth-order valence-corrected chi connectivity index (χ4v) is 4.70. The Morgan fingerprint density at radius 3 is 2.39 bits per heavy atom. The van der Waals surface area contributed by atoms with Crippen molar-refractivity contribution in [1.29, 1.82) is 0 Å². The number of carbonyl (C=O) groups is 2. The highest BCUT2D eigenvalue weighted by Gasteiger charge is 2.26. The maximum atomic E-state index is 12.8. The number of nitrogens with one attached hydrogen (secondary N) is 2. The van der Waals surface area contributed by atoms with E-state index < -0.39 is 0 Å². The summed E-state index contributed by atoms with van der Waals surface area (Å²) in [5.74, 6) is 0.583. The summed E-state index contributed by atoms with van der Waals surface area (Å²) in [5, 5.41) is 6.32. The highest BCUT2D eigenvalue weighted by Crippen LogP contribution is 2.19. The van der Waals surface area contributed by atoms with Crippen LogP contribution in [-0.4, -0.2) is 42.0 Å². The van der Waals surface area contributed by atoms with Gasteiger partial charge in [-0.2, -0.15) is 0 Å². The molecule has 4 rings (SSSR count). The molecule has 0 spiro atoms. The number of ether oxygens (including phenoxy) is 1. The van der Waals surface area contributed by atoms with Gasteiger partial charge in [0, 0.05) is 30.7 Å². The third kappa shape index (κ3) is 6.73. The molecule has 1 saturated carbocycles. The molecule has 2 aliphatic rings. The molecule has 176 valence electrons. The molecule has 0 bridgehead atoms. The van der Waals surface area contributed by atoms with Crippen LogP contribution in [-0.2, 0) is 6.61 Å². The third-order valence-corrected chi connectivity index (χ3v) is 6.63. The number of likely N-dealkylation sites (tertiary alicyclic amines) is 1. The smallest absolute Gasteiger partial charge is 0.317 e. The van der Waals surface area contributed by atoms with Crippen molar-refractivity contribution in [3.8, 4) is 5.75 Å². The number of rotatable bonds is 6. The molecule has 2 aromatic carbocycles. The Kier molecular flexibility index (Phi) is 7.87. The number of nitrogens with zero attached hydrogens (tertiary/aromatic N) is 1. The number of benzene rings is 2. The molecule has 33 heavy (non-hydrogen) atoms. The van der Waals surface area contributed by atoms with Crippen LogP contribution < -0.4 is 15.4 Å². The van der Waals surface area contributed by atoms with Crippen LogP contribution in [0.3, 0.4) is 0 Å². The van der Waals surface area contributed by atoms with E-state index in [1.807, 2.05) is 35.2 Å². The Bertz CT molecular complexity index is 947. The summed E-state index contributed by atoms with van der Waals surface area (Å²) in [6, 6.07) is 16.0. The van der Waals surface area contributed by atoms with E-state index in [4.69, 9.17) is 4.74 Å². The highest BCUT2D eigenvalue weighted by molar-refractivity contribution is 5.94. The maximum Gasteiger partial charge on any atom is 0.317 e. The number of hydrogen-bond acceptors (Lipinski definition) is 3. The first-order valence-electron chi connectivity index (χ1n) is 12.2. The van der Waals surface area contributed by atoms with Gasteiger partial charge in [0.2, 0.25) is 0 Å². The molecular formula is C27H35N3O3. The van der Waals surface area contributed by atoms with E-state index in [1.165, 1.54) is 24.8 Å². The lowest BCUT2D eigenvalue weighted by Gasteiger charge is -2.34. The van der Waals surface area contributed by atoms with Gasteiger partial charge in [-0.15, -0.1) is 0 Å². The van der Waals surface area contributed by atoms with Crippen LogP contribution in [0.2, 0.25) is 0 Å². The van der Waals surface area contributed by atoms with Crippen molar-refractivity contribution < 1.29 is 14.3 Å². The van der Waals surface area contributed by atoms with Gasteiger partial charge < -0.3 is 20.3 Å². The van der Waals surface area contributed by atoms with Crippen LogP contribution in [0.25, 0.3) is 0 Å². The van der Waals surface area contributed by atoms with E-state index >= 15 is 0 Å². The van der Waals surface area contributed by atoms with Gasteiger partial charge in [0.15, 0.2) is 0 Å². The zero-order chi connectivity index (χ0) is 23.0. The van der Waals surface area contributed by atoms with Gasteiger partial charge in [-0.3, -0.25) is 4.79 Å². The standard InChI is InChI=1S/C27H35N3O3/c1-20-7-5-8-21(17-20)19-33-25-12-6-9-22(18-25)26(31)28-24-13-15-30(16-14-24)27(32)29-23-10-3-2-4-11-23/h5-9,12,17-18,23-24H,2-4,10-11,13-16,19H2,1H3,(H,28,31)(H,29,32). The van der Waals surface area contributed by atoms with Crippen LogP contribution in [0.4, 0.5) is 4.79 Å². The number of piperidine rings is 1. The van der Waals surface area contributed by atoms with Gasteiger partial charge >= 0.3 is 6.03 Å². The largest absolute Gasteiger partial charge is 0.489 e. The molecule has 6 nitrogen and oxygen atoms in total. The van der Waals surface area contributed by atoms with Crippen molar-refractivity contribution in [1.82, 2.24) is 15.5 Å². The fourth-order valence-electron chi connectivity index (χ4n) is 4.70. The molecule has 3 amide bonds. The van der Waals surface area contributed by atoms with Crippen LogP contribution in [0.5, 0.6) is 5.75 Å². The molecule has 1 heterocycles. The van der Waals surface area contributed by atoms with Crippen molar-refractivity contribution in [3.05, 3.63) is 65.2 Å². The average molecular weight is 450 g/mol. The normalized spacial score (nSPS) is 17.4. The van der Waals surface area contributed by atoms with Crippen LogP contribution in [0.15, 0.2) is 48.5 Å². The van der Waals surface area contributed by atoms with Crippen LogP contribution >= 0.6 is 0 Å². The Hall–Kier alpha value is -3.02. The number of carbonyl (C=O) groups excluding carboxylic acids is 2. The fraction of sp³-hybridized carbons (Fsp3) is 0.481. The second kappa shape index (κ2) is 11.2. The molecule has 0 atom stereocenters. The lowest BCUT2D eigenvalue weighted by atomic mass is 9.95. The minimum atomic E-state index is -0.0962. The average Bonchev–Trinajstić information content (AvgIpc) is 2.84. The molecule has 6 heteroatoms. The van der Waals surface area contributed by atoms with E-state index in [-0.39, 0.29) is 18.0 Å². The van der Waals surface area contributed by atoms with Crippen molar-refractivity contribution >= 4 is 11.9 Å². The first-order chi connectivity index (χ1) is 16.1. The number of aryl methyl sites for hydroxylation is 1. The topological polar surface area (TPSA) is 70.7 Å². The monoisotopic (exact) mass is 449 g/mol. The molecule has 1 aliphatic heterocycles. The van der Waals surface area contributed by atoms with Crippen molar-refractivity contribution in [2.75, 3.05) is 13.1 Å². The Morgan fingerprint density at radius 1 is 0.909 bits per heavy atom.